The van der Waals surface area contributed by atoms with Gasteiger partial charge in [-0.1, -0.05) is 34.6 Å². The van der Waals surface area contributed by atoms with Crippen molar-refractivity contribution in [3.05, 3.63) is 23.4 Å². The normalized spacial score (nSPS) is 11.9. The van der Waals surface area contributed by atoms with Crippen molar-refractivity contribution in [1.29, 1.82) is 0 Å². The molecule has 0 aliphatic heterocycles. The summed E-state index contributed by atoms with van der Waals surface area (Å²) in [6.07, 6.45) is 0. The SMILES string of the molecule is CCN(CC)CCOc1cc(CCl)cc(C(C)(C)C)n1. The zero-order valence-electron chi connectivity index (χ0n) is 13.4. The summed E-state index contributed by atoms with van der Waals surface area (Å²) in [7, 11) is 0. The van der Waals surface area contributed by atoms with Crippen molar-refractivity contribution in [2.75, 3.05) is 26.2 Å². The Kier molecular flexibility index (Phi) is 6.77. The van der Waals surface area contributed by atoms with Crippen molar-refractivity contribution in [1.82, 2.24) is 9.88 Å². The Morgan fingerprint density at radius 2 is 1.85 bits per heavy atom. The quantitative estimate of drug-likeness (QED) is 0.715. The summed E-state index contributed by atoms with van der Waals surface area (Å²) in [6, 6.07) is 3.99. The monoisotopic (exact) mass is 298 g/mol. The van der Waals surface area contributed by atoms with Crippen LogP contribution in [-0.2, 0) is 11.3 Å². The van der Waals surface area contributed by atoms with Gasteiger partial charge in [-0.3, -0.25) is 0 Å². The van der Waals surface area contributed by atoms with Crippen molar-refractivity contribution in [2.45, 2.75) is 45.9 Å². The van der Waals surface area contributed by atoms with Gasteiger partial charge in [0.15, 0.2) is 0 Å². The molecule has 1 heterocycles. The molecule has 1 aromatic rings. The van der Waals surface area contributed by atoms with Crippen LogP contribution >= 0.6 is 11.6 Å². The number of hydrogen-bond donors (Lipinski definition) is 0. The van der Waals surface area contributed by atoms with Gasteiger partial charge in [0.2, 0.25) is 5.88 Å². The predicted molar refractivity (Wildman–Crippen MR) is 85.8 cm³/mol. The lowest BCUT2D eigenvalue weighted by molar-refractivity contribution is 0.217. The van der Waals surface area contributed by atoms with Crippen LogP contribution < -0.4 is 4.74 Å². The summed E-state index contributed by atoms with van der Waals surface area (Å²) < 4.78 is 5.81. The lowest BCUT2D eigenvalue weighted by atomic mass is 9.91. The van der Waals surface area contributed by atoms with Crippen LogP contribution in [-0.4, -0.2) is 36.1 Å². The Labute approximate surface area is 128 Å². The van der Waals surface area contributed by atoms with Gasteiger partial charge < -0.3 is 9.64 Å². The summed E-state index contributed by atoms with van der Waals surface area (Å²) in [5, 5.41) is 0. The minimum absolute atomic E-state index is 0.000941. The third kappa shape index (κ3) is 5.29. The topological polar surface area (TPSA) is 25.4 Å². The zero-order chi connectivity index (χ0) is 15.2. The maximum Gasteiger partial charge on any atom is 0.213 e. The fourth-order valence-electron chi connectivity index (χ4n) is 1.91. The third-order valence-electron chi connectivity index (χ3n) is 3.34. The van der Waals surface area contributed by atoms with E-state index in [2.05, 4.69) is 50.6 Å². The lowest BCUT2D eigenvalue weighted by Gasteiger charge is -2.21. The molecule has 0 aliphatic rings. The number of aromatic nitrogens is 1. The second-order valence-corrected chi connectivity index (χ2v) is 6.23. The van der Waals surface area contributed by atoms with E-state index in [1.165, 1.54) is 0 Å². The Balaban J connectivity index is 2.74. The minimum Gasteiger partial charge on any atom is -0.476 e. The van der Waals surface area contributed by atoms with E-state index >= 15 is 0 Å². The summed E-state index contributed by atoms with van der Waals surface area (Å²) in [5.41, 5.74) is 2.08. The smallest absolute Gasteiger partial charge is 0.213 e. The first kappa shape index (κ1) is 17.3. The number of halogens is 1. The molecule has 0 spiro atoms. The molecule has 0 radical (unpaired) electrons. The number of hydrogen-bond acceptors (Lipinski definition) is 3. The molecule has 0 aromatic carbocycles. The second kappa shape index (κ2) is 7.84. The first-order valence-corrected chi connectivity index (χ1v) is 7.86. The molecule has 20 heavy (non-hydrogen) atoms. The number of nitrogens with zero attached hydrogens (tertiary/aromatic N) is 2. The van der Waals surface area contributed by atoms with Crippen LogP contribution in [0.2, 0.25) is 0 Å². The van der Waals surface area contributed by atoms with Gasteiger partial charge >= 0.3 is 0 Å². The number of likely N-dealkylation sites (N-methyl/N-ethyl adjacent to an activating group) is 1. The summed E-state index contributed by atoms with van der Waals surface area (Å²) >= 11 is 5.96. The lowest BCUT2D eigenvalue weighted by Crippen LogP contribution is -2.28. The zero-order valence-corrected chi connectivity index (χ0v) is 14.1. The average molecular weight is 299 g/mol. The summed E-state index contributed by atoms with van der Waals surface area (Å²) in [6.45, 7) is 14.4. The van der Waals surface area contributed by atoms with E-state index in [4.69, 9.17) is 16.3 Å². The molecule has 0 saturated heterocycles. The molecular formula is C16H27ClN2O. The van der Waals surface area contributed by atoms with Crippen molar-refractivity contribution >= 4 is 11.6 Å². The third-order valence-corrected chi connectivity index (χ3v) is 3.64. The van der Waals surface area contributed by atoms with Gasteiger partial charge in [0, 0.05) is 23.9 Å². The molecule has 114 valence electrons. The van der Waals surface area contributed by atoms with Crippen LogP contribution in [0, 0.1) is 0 Å². The Bertz CT molecular complexity index is 411. The molecular weight excluding hydrogens is 272 g/mol. The van der Waals surface area contributed by atoms with Gasteiger partial charge in [0.1, 0.15) is 6.61 Å². The van der Waals surface area contributed by atoms with Crippen LogP contribution in [0.15, 0.2) is 12.1 Å². The highest BCUT2D eigenvalue weighted by molar-refractivity contribution is 6.17. The van der Waals surface area contributed by atoms with Gasteiger partial charge in [-0.2, -0.15) is 0 Å². The molecule has 4 heteroatoms. The molecule has 1 aromatic heterocycles. The maximum atomic E-state index is 5.96. The van der Waals surface area contributed by atoms with Gasteiger partial charge in [-0.05, 0) is 24.7 Å². The molecule has 0 unspecified atom stereocenters. The number of ether oxygens (including phenoxy) is 1. The predicted octanol–water partition coefficient (Wildman–Crippen LogP) is 3.84. The Morgan fingerprint density at radius 3 is 2.35 bits per heavy atom. The highest BCUT2D eigenvalue weighted by Crippen LogP contribution is 2.24. The molecule has 1 rings (SSSR count). The first-order chi connectivity index (χ1) is 9.40. The van der Waals surface area contributed by atoms with Crippen LogP contribution in [0.4, 0.5) is 0 Å². The minimum atomic E-state index is -0.000941. The van der Waals surface area contributed by atoms with E-state index in [-0.39, 0.29) is 5.41 Å². The van der Waals surface area contributed by atoms with Crippen LogP contribution in [0.5, 0.6) is 5.88 Å². The molecule has 3 nitrogen and oxygen atoms in total. The van der Waals surface area contributed by atoms with Crippen LogP contribution in [0.1, 0.15) is 45.9 Å². The fraction of sp³-hybridized carbons (Fsp3) is 0.688. The van der Waals surface area contributed by atoms with Gasteiger partial charge in [0.25, 0.3) is 0 Å². The highest BCUT2D eigenvalue weighted by Gasteiger charge is 2.17. The van der Waals surface area contributed by atoms with Gasteiger partial charge in [-0.25, -0.2) is 4.98 Å². The van der Waals surface area contributed by atoms with E-state index in [9.17, 15) is 0 Å². The molecule has 0 aliphatic carbocycles. The van der Waals surface area contributed by atoms with Crippen molar-refractivity contribution in [3.8, 4) is 5.88 Å². The standard InChI is InChI=1S/C16H27ClN2O/c1-6-19(7-2)8-9-20-15-11-13(12-17)10-14(18-15)16(3,4)5/h10-11H,6-9,12H2,1-5H3. The fourth-order valence-corrected chi connectivity index (χ4v) is 2.07. The number of pyridine rings is 1. The first-order valence-electron chi connectivity index (χ1n) is 7.33. The Morgan fingerprint density at radius 1 is 1.20 bits per heavy atom. The Hall–Kier alpha value is -0.800. The molecule has 0 atom stereocenters. The average Bonchev–Trinajstić information content (AvgIpc) is 2.42. The second-order valence-electron chi connectivity index (χ2n) is 5.96. The summed E-state index contributed by atoms with van der Waals surface area (Å²) in [4.78, 5) is 6.93. The molecule has 0 bridgehead atoms. The summed E-state index contributed by atoms with van der Waals surface area (Å²) in [5.74, 6) is 1.16. The molecule has 0 fully saturated rings. The molecule has 0 saturated carbocycles. The van der Waals surface area contributed by atoms with E-state index < -0.39 is 0 Å². The van der Waals surface area contributed by atoms with Crippen LogP contribution in [0.3, 0.4) is 0 Å². The number of rotatable bonds is 7. The van der Waals surface area contributed by atoms with E-state index in [0.717, 1.165) is 30.9 Å². The highest BCUT2D eigenvalue weighted by atomic mass is 35.5. The van der Waals surface area contributed by atoms with Crippen molar-refractivity contribution in [3.63, 3.8) is 0 Å². The van der Waals surface area contributed by atoms with Gasteiger partial charge in [0.05, 0.1) is 5.69 Å². The van der Waals surface area contributed by atoms with E-state index in [0.29, 0.717) is 18.4 Å². The largest absolute Gasteiger partial charge is 0.476 e. The van der Waals surface area contributed by atoms with Crippen LogP contribution in [0.25, 0.3) is 0 Å². The van der Waals surface area contributed by atoms with Crippen molar-refractivity contribution < 1.29 is 4.74 Å². The maximum absolute atomic E-state index is 5.96. The number of alkyl halides is 1. The van der Waals surface area contributed by atoms with Crippen molar-refractivity contribution in [2.24, 2.45) is 0 Å². The molecule has 0 amide bonds. The van der Waals surface area contributed by atoms with E-state index in [1.54, 1.807) is 0 Å². The van der Waals surface area contributed by atoms with Gasteiger partial charge in [-0.15, -0.1) is 11.6 Å². The molecule has 0 N–H and O–H groups in total. The van der Waals surface area contributed by atoms with E-state index in [1.807, 2.05) is 6.07 Å².